The molecule has 1 aromatic rings. The van der Waals surface area contributed by atoms with Gasteiger partial charge >= 0.3 is 5.97 Å². The molecule has 0 spiro atoms. The quantitative estimate of drug-likeness (QED) is 0.838. The van der Waals surface area contributed by atoms with E-state index in [4.69, 9.17) is 34.0 Å². The smallest absolute Gasteiger partial charge is 0.320 e. The number of thiazole rings is 1. The third kappa shape index (κ3) is 2.80. The van der Waals surface area contributed by atoms with Crippen molar-refractivity contribution in [2.24, 2.45) is 5.73 Å². The molecule has 13 heavy (non-hydrogen) atoms. The van der Waals surface area contributed by atoms with Crippen LogP contribution in [0.4, 0.5) is 0 Å². The van der Waals surface area contributed by atoms with Crippen LogP contribution in [0.15, 0.2) is 0 Å². The van der Waals surface area contributed by atoms with Crippen molar-refractivity contribution in [1.29, 1.82) is 0 Å². The molecular formula is C6H6Cl2N2O2S. The molecule has 0 amide bonds. The maximum atomic E-state index is 10.4. The number of carbonyl (C=O) groups is 1. The lowest BCUT2D eigenvalue weighted by atomic mass is 10.2. The van der Waals surface area contributed by atoms with Crippen LogP contribution in [0.2, 0.25) is 9.62 Å². The van der Waals surface area contributed by atoms with E-state index in [-0.39, 0.29) is 16.0 Å². The van der Waals surface area contributed by atoms with Crippen molar-refractivity contribution in [2.45, 2.75) is 12.5 Å². The van der Waals surface area contributed by atoms with Crippen molar-refractivity contribution < 1.29 is 9.90 Å². The highest BCUT2D eigenvalue weighted by molar-refractivity contribution is 7.16. The molecule has 7 heteroatoms. The fraction of sp³-hybridized carbons (Fsp3) is 0.333. The lowest BCUT2D eigenvalue weighted by Crippen LogP contribution is -2.31. The summed E-state index contributed by atoms with van der Waals surface area (Å²) < 4.78 is 0.289. The highest BCUT2D eigenvalue weighted by Crippen LogP contribution is 2.27. The lowest BCUT2D eigenvalue weighted by Gasteiger charge is -2.02. The van der Waals surface area contributed by atoms with Crippen molar-refractivity contribution in [3.8, 4) is 0 Å². The van der Waals surface area contributed by atoms with Crippen molar-refractivity contribution in [2.75, 3.05) is 0 Å². The molecule has 0 bridgehead atoms. The van der Waals surface area contributed by atoms with Gasteiger partial charge < -0.3 is 10.8 Å². The summed E-state index contributed by atoms with van der Waals surface area (Å²) in [6.07, 6.45) is 0.151. The van der Waals surface area contributed by atoms with Gasteiger partial charge in [-0.2, -0.15) is 0 Å². The van der Waals surface area contributed by atoms with Gasteiger partial charge in [0.25, 0.3) is 0 Å². The predicted molar refractivity (Wildman–Crippen MR) is 51.4 cm³/mol. The van der Waals surface area contributed by atoms with Crippen LogP contribution in [0.25, 0.3) is 0 Å². The average Bonchev–Trinajstić information content (AvgIpc) is 2.30. The van der Waals surface area contributed by atoms with Gasteiger partial charge in [0.2, 0.25) is 0 Å². The summed E-state index contributed by atoms with van der Waals surface area (Å²) in [6, 6.07) is -0.964. The number of aromatic nitrogens is 1. The standard InChI is InChI=1S/C6H6Cl2N2O2S/c7-4-3(13-6(8)10-4)1-2(9)5(11)12/h2H,1,9H2,(H,11,12). The van der Waals surface area contributed by atoms with Gasteiger partial charge in [0, 0.05) is 11.3 Å². The Kier molecular flexibility index (Phi) is 3.49. The third-order valence-electron chi connectivity index (χ3n) is 1.35. The maximum Gasteiger partial charge on any atom is 0.320 e. The summed E-state index contributed by atoms with van der Waals surface area (Å²) in [7, 11) is 0. The second kappa shape index (κ2) is 4.23. The van der Waals surface area contributed by atoms with E-state index in [1.807, 2.05) is 0 Å². The molecule has 1 unspecified atom stereocenters. The van der Waals surface area contributed by atoms with Crippen molar-refractivity contribution in [3.63, 3.8) is 0 Å². The van der Waals surface area contributed by atoms with Crippen LogP contribution in [0, 0.1) is 0 Å². The van der Waals surface area contributed by atoms with E-state index < -0.39 is 12.0 Å². The number of halogens is 2. The highest BCUT2D eigenvalue weighted by atomic mass is 35.5. The molecule has 0 aliphatic carbocycles. The number of aliphatic carboxylic acids is 1. The van der Waals surface area contributed by atoms with E-state index in [1.165, 1.54) is 0 Å². The second-order valence-electron chi connectivity index (χ2n) is 2.33. The van der Waals surface area contributed by atoms with E-state index in [9.17, 15) is 4.79 Å². The minimum Gasteiger partial charge on any atom is -0.480 e. The molecular weight excluding hydrogens is 235 g/mol. The van der Waals surface area contributed by atoms with Crippen LogP contribution >= 0.6 is 34.5 Å². The first kappa shape index (κ1) is 10.7. The molecule has 1 atom stereocenters. The fourth-order valence-corrected chi connectivity index (χ4v) is 2.19. The summed E-state index contributed by atoms with van der Waals surface area (Å²) in [6.45, 7) is 0. The van der Waals surface area contributed by atoms with Gasteiger partial charge in [-0.25, -0.2) is 4.98 Å². The topological polar surface area (TPSA) is 76.2 Å². The highest BCUT2D eigenvalue weighted by Gasteiger charge is 2.16. The molecule has 0 fully saturated rings. The number of carboxylic acid groups (broad SMARTS) is 1. The van der Waals surface area contributed by atoms with Crippen molar-refractivity contribution in [3.05, 3.63) is 14.5 Å². The number of carboxylic acids is 1. The van der Waals surface area contributed by atoms with Gasteiger partial charge in [-0.1, -0.05) is 23.2 Å². The molecule has 0 aromatic carbocycles. The largest absolute Gasteiger partial charge is 0.480 e. The minimum absolute atomic E-state index is 0.151. The third-order valence-corrected chi connectivity index (χ3v) is 2.95. The Balaban J connectivity index is 2.74. The van der Waals surface area contributed by atoms with E-state index >= 15 is 0 Å². The molecule has 1 heterocycles. The van der Waals surface area contributed by atoms with Crippen LogP contribution in [-0.4, -0.2) is 22.1 Å². The first-order valence-corrected chi connectivity index (χ1v) is 4.87. The van der Waals surface area contributed by atoms with Gasteiger partial charge in [0.05, 0.1) is 0 Å². The Bertz CT molecular complexity index is 328. The van der Waals surface area contributed by atoms with E-state index in [0.717, 1.165) is 11.3 Å². The van der Waals surface area contributed by atoms with Gasteiger partial charge in [0.15, 0.2) is 4.47 Å². The minimum atomic E-state index is -1.07. The molecule has 1 rings (SSSR count). The first-order chi connectivity index (χ1) is 6.00. The fourth-order valence-electron chi connectivity index (χ4n) is 0.719. The van der Waals surface area contributed by atoms with Crippen LogP contribution in [0.5, 0.6) is 0 Å². The molecule has 72 valence electrons. The van der Waals surface area contributed by atoms with Crippen LogP contribution in [-0.2, 0) is 11.2 Å². The summed E-state index contributed by atoms with van der Waals surface area (Å²) >= 11 is 12.4. The normalized spacial score (nSPS) is 12.8. The van der Waals surface area contributed by atoms with Crippen LogP contribution in [0.3, 0.4) is 0 Å². The molecule has 0 aliphatic heterocycles. The molecule has 3 N–H and O–H groups in total. The van der Waals surface area contributed by atoms with E-state index in [1.54, 1.807) is 0 Å². The SMILES string of the molecule is NC(Cc1sc(Cl)nc1Cl)C(=O)O. The maximum absolute atomic E-state index is 10.4. The molecule has 0 saturated carbocycles. The Hall–Kier alpha value is -0.360. The molecule has 0 saturated heterocycles. The Morgan fingerprint density at radius 3 is 2.69 bits per heavy atom. The van der Waals surface area contributed by atoms with Gasteiger partial charge in [-0.05, 0) is 0 Å². The van der Waals surface area contributed by atoms with Crippen LogP contribution < -0.4 is 5.73 Å². The van der Waals surface area contributed by atoms with Crippen LogP contribution in [0.1, 0.15) is 4.88 Å². The lowest BCUT2D eigenvalue weighted by molar-refractivity contribution is -0.138. The summed E-state index contributed by atoms with van der Waals surface area (Å²) in [5, 5.41) is 8.75. The number of rotatable bonds is 3. The molecule has 0 radical (unpaired) electrons. The van der Waals surface area contributed by atoms with Gasteiger partial charge in [0.1, 0.15) is 11.2 Å². The average molecular weight is 241 g/mol. The number of hydrogen-bond donors (Lipinski definition) is 2. The second-order valence-corrected chi connectivity index (χ2v) is 4.35. The molecule has 4 nitrogen and oxygen atoms in total. The zero-order chi connectivity index (χ0) is 10.0. The summed E-state index contributed by atoms with van der Waals surface area (Å²) in [5.41, 5.74) is 5.30. The Labute approximate surface area is 88.3 Å². The van der Waals surface area contributed by atoms with Gasteiger partial charge in [-0.3, -0.25) is 4.79 Å². The number of nitrogens with two attached hydrogens (primary N) is 1. The first-order valence-electron chi connectivity index (χ1n) is 3.29. The number of hydrogen-bond acceptors (Lipinski definition) is 4. The predicted octanol–water partition coefficient (Wildman–Crippen LogP) is 1.40. The zero-order valence-electron chi connectivity index (χ0n) is 6.33. The Morgan fingerprint density at radius 1 is 1.69 bits per heavy atom. The number of nitrogens with zero attached hydrogens (tertiary/aromatic N) is 1. The molecule has 0 aliphatic rings. The monoisotopic (exact) mass is 240 g/mol. The summed E-state index contributed by atoms with van der Waals surface area (Å²) in [5.74, 6) is -1.07. The van der Waals surface area contributed by atoms with E-state index in [0.29, 0.717) is 4.88 Å². The van der Waals surface area contributed by atoms with Crippen molar-refractivity contribution in [1.82, 2.24) is 4.98 Å². The zero-order valence-corrected chi connectivity index (χ0v) is 8.66. The van der Waals surface area contributed by atoms with E-state index in [2.05, 4.69) is 4.98 Å². The molecule has 1 aromatic heterocycles. The Morgan fingerprint density at radius 2 is 2.31 bits per heavy atom. The van der Waals surface area contributed by atoms with Crippen molar-refractivity contribution >= 4 is 40.5 Å². The van der Waals surface area contributed by atoms with Gasteiger partial charge in [-0.15, -0.1) is 11.3 Å². The summed E-state index contributed by atoms with van der Waals surface area (Å²) in [4.78, 5) is 14.7.